The molecule has 25 heavy (non-hydrogen) atoms. The molecule has 0 radical (unpaired) electrons. The van der Waals surface area contributed by atoms with Crippen molar-refractivity contribution in [3.63, 3.8) is 0 Å². The molecule has 7 nitrogen and oxygen atoms in total. The molecule has 1 aliphatic rings. The zero-order valence-corrected chi connectivity index (χ0v) is 14.7. The van der Waals surface area contributed by atoms with E-state index in [1.807, 2.05) is 0 Å². The van der Waals surface area contributed by atoms with Gasteiger partial charge in [-0.15, -0.1) is 0 Å². The summed E-state index contributed by atoms with van der Waals surface area (Å²) < 4.78 is 0. The molecule has 1 aromatic rings. The second-order valence-corrected chi connectivity index (χ2v) is 6.65. The fourth-order valence-electron chi connectivity index (χ4n) is 3.79. The normalized spacial score (nSPS) is 26.3. The number of nitro groups is 1. The van der Waals surface area contributed by atoms with Gasteiger partial charge in [-0.25, -0.2) is 0 Å². The number of allylic oxidation sites excluding steroid dienone is 1. The first-order chi connectivity index (χ1) is 11.6. The molecule has 3 atom stereocenters. The predicted molar refractivity (Wildman–Crippen MR) is 92.0 cm³/mol. The number of carbonyl (C=O) groups excluding carboxylic acids is 2. The maximum atomic E-state index is 12.3. The smallest absolute Gasteiger partial charge is 0.269 e. The Morgan fingerprint density at radius 1 is 1.36 bits per heavy atom. The van der Waals surface area contributed by atoms with Crippen LogP contribution in [0.3, 0.4) is 0 Å². The summed E-state index contributed by atoms with van der Waals surface area (Å²) in [5.41, 5.74) is -0.106. The molecule has 134 valence electrons. The Kier molecular flexibility index (Phi) is 5.08. The van der Waals surface area contributed by atoms with E-state index >= 15 is 0 Å². The summed E-state index contributed by atoms with van der Waals surface area (Å²) in [6.07, 6.45) is 0.133. The molecule has 1 aromatic carbocycles. The van der Waals surface area contributed by atoms with Crippen molar-refractivity contribution in [1.82, 2.24) is 5.32 Å². The van der Waals surface area contributed by atoms with E-state index in [2.05, 4.69) is 5.32 Å². The van der Waals surface area contributed by atoms with Crippen LogP contribution in [-0.4, -0.2) is 34.2 Å². The number of nitrogens with one attached hydrogen (secondary N) is 1. The van der Waals surface area contributed by atoms with E-state index in [9.17, 15) is 24.8 Å². The van der Waals surface area contributed by atoms with E-state index in [1.54, 1.807) is 20.0 Å². The summed E-state index contributed by atoms with van der Waals surface area (Å²) in [5, 5.41) is 24.9. The van der Waals surface area contributed by atoms with Crippen LogP contribution in [-0.2, 0) is 9.59 Å². The maximum absolute atomic E-state index is 12.3. The minimum absolute atomic E-state index is 0.126. The van der Waals surface area contributed by atoms with Gasteiger partial charge in [0.2, 0.25) is 0 Å². The number of benzene rings is 1. The highest BCUT2D eigenvalue weighted by molar-refractivity contribution is 5.98. The lowest BCUT2D eigenvalue weighted by Gasteiger charge is -2.43. The molecule has 0 fully saturated rings. The van der Waals surface area contributed by atoms with E-state index < -0.39 is 22.4 Å². The third kappa shape index (κ3) is 3.46. The largest absolute Gasteiger partial charge is 0.391 e. The molecular weight excluding hydrogens is 324 g/mol. The molecular formula is C18H22N2O5. The Balaban J connectivity index is 2.77. The third-order valence-corrected chi connectivity index (χ3v) is 4.73. The Hall–Kier alpha value is -2.54. The SMILES string of the molecule is CNC1=C(C(C)=O)[C@H](c2cccc([N+](=O)[O-])c2)[C@@H](C(C)=O)[C@](C)(O)C1. The van der Waals surface area contributed by atoms with Gasteiger partial charge in [-0.2, -0.15) is 0 Å². The van der Waals surface area contributed by atoms with Crippen molar-refractivity contribution in [2.24, 2.45) is 5.92 Å². The number of hydrogen-bond acceptors (Lipinski definition) is 6. The number of nitrogens with zero attached hydrogens (tertiary/aromatic N) is 1. The van der Waals surface area contributed by atoms with Crippen molar-refractivity contribution in [2.45, 2.75) is 38.7 Å². The molecule has 0 saturated carbocycles. The van der Waals surface area contributed by atoms with Crippen LogP contribution in [0, 0.1) is 16.0 Å². The summed E-state index contributed by atoms with van der Waals surface area (Å²) in [6, 6.07) is 5.87. The second-order valence-electron chi connectivity index (χ2n) is 6.65. The monoisotopic (exact) mass is 346 g/mol. The highest BCUT2D eigenvalue weighted by atomic mass is 16.6. The van der Waals surface area contributed by atoms with Gasteiger partial charge in [-0.1, -0.05) is 12.1 Å². The second kappa shape index (κ2) is 6.76. The Bertz CT molecular complexity index is 766. The first-order valence-electron chi connectivity index (χ1n) is 7.99. The summed E-state index contributed by atoms with van der Waals surface area (Å²) in [5.74, 6) is -2.12. The average molecular weight is 346 g/mol. The number of Topliss-reactive ketones (excluding diaryl/α,β-unsaturated/α-hetero) is 2. The van der Waals surface area contributed by atoms with Gasteiger partial charge in [-0.05, 0) is 26.3 Å². The number of nitro benzene ring substituents is 1. The molecule has 1 aliphatic carbocycles. The highest BCUT2D eigenvalue weighted by Gasteiger charge is 2.49. The van der Waals surface area contributed by atoms with E-state index in [0.29, 0.717) is 16.8 Å². The predicted octanol–water partition coefficient (Wildman–Crippen LogP) is 2.10. The lowest BCUT2D eigenvalue weighted by Crippen LogP contribution is -2.48. The van der Waals surface area contributed by atoms with Crippen molar-refractivity contribution in [3.05, 3.63) is 51.2 Å². The minimum atomic E-state index is -1.38. The molecule has 0 aliphatic heterocycles. The first-order valence-corrected chi connectivity index (χ1v) is 7.99. The molecule has 0 bridgehead atoms. The standard InChI is InChI=1S/C18H22N2O5/c1-10(21)15-14(19-4)9-18(3,23)17(11(2)22)16(15)12-6-5-7-13(8-12)20(24)25/h5-8,16-17,19,23H,9H2,1-4H3/t16-,17+,18+/m0/s1. The molecule has 2 rings (SSSR count). The van der Waals surface area contributed by atoms with E-state index in [-0.39, 0.29) is 23.7 Å². The quantitative estimate of drug-likeness (QED) is 0.624. The van der Waals surface area contributed by atoms with Crippen LogP contribution in [0.25, 0.3) is 0 Å². The fraction of sp³-hybridized carbons (Fsp3) is 0.444. The van der Waals surface area contributed by atoms with Crippen molar-refractivity contribution >= 4 is 17.3 Å². The number of rotatable bonds is 5. The summed E-state index contributed by atoms with van der Waals surface area (Å²) in [4.78, 5) is 35.2. The Morgan fingerprint density at radius 3 is 2.48 bits per heavy atom. The molecule has 0 aromatic heterocycles. The first kappa shape index (κ1) is 18.8. The van der Waals surface area contributed by atoms with Crippen molar-refractivity contribution in [1.29, 1.82) is 0 Å². The van der Waals surface area contributed by atoms with E-state index in [1.165, 1.54) is 32.0 Å². The number of hydrogen-bond donors (Lipinski definition) is 2. The number of carbonyl (C=O) groups is 2. The van der Waals surface area contributed by atoms with Crippen molar-refractivity contribution < 1.29 is 19.6 Å². The van der Waals surface area contributed by atoms with Crippen LogP contribution >= 0.6 is 0 Å². The molecule has 7 heteroatoms. The van der Waals surface area contributed by atoms with Gasteiger partial charge in [0.15, 0.2) is 5.78 Å². The molecule has 0 heterocycles. The minimum Gasteiger partial charge on any atom is -0.391 e. The molecule has 0 amide bonds. The zero-order chi connectivity index (χ0) is 18.9. The number of ketones is 2. The summed E-state index contributed by atoms with van der Waals surface area (Å²) >= 11 is 0. The molecule has 0 spiro atoms. The van der Waals surface area contributed by atoms with Crippen LogP contribution in [0.2, 0.25) is 0 Å². The fourth-order valence-corrected chi connectivity index (χ4v) is 3.79. The van der Waals surface area contributed by atoms with Gasteiger partial charge in [-0.3, -0.25) is 19.7 Å². The van der Waals surface area contributed by atoms with Gasteiger partial charge < -0.3 is 10.4 Å². The molecule has 0 saturated heterocycles. The maximum Gasteiger partial charge on any atom is 0.269 e. The van der Waals surface area contributed by atoms with Crippen molar-refractivity contribution in [2.75, 3.05) is 7.05 Å². The van der Waals surface area contributed by atoms with Gasteiger partial charge in [0.25, 0.3) is 5.69 Å². The van der Waals surface area contributed by atoms with E-state index in [0.717, 1.165) is 0 Å². The van der Waals surface area contributed by atoms with Crippen molar-refractivity contribution in [3.8, 4) is 0 Å². The lowest BCUT2D eigenvalue weighted by atomic mass is 9.64. The van der Waals surface area contributed by atoms with Crippen LogP contribution < -0.4 is 5.32 Å². The van der Waals surface area contributed by atoms with E-state index in [4.69, 9.17) is 0 Å². The van der Waals surface area contributed by atoms with Crippen LogP contribution in [0.1, 0.15) is 38.7 Å². The van der Waals surface area contributed by atoms with Gasteiger partial charge >= 0.3 is 0 Å². The number of aliphatic hydroxyl groups is 1. The molecule has 2 N–H and O–H groups in total. The third-order valence-electron chi connectivity index (χ3n) is 4.73. The highest BCUT2D eigenvalue weighted by Crippen LogP contribution is 2.47. The van der Waals surface area contributed by atoms with Crippen LogP contribution in [0.5, 0.6) is 0 Å². The van der Waals surface area contributed by atoms with Crippen LogP contribution in [0.4, 0.5) is 5.69 Å². The Morgan fingerprint density at radius 2 is 2.00 bits per heavy atom. The topological polar surface area (TPSA) is 110 Å². The Labute approximate surface area is 145 Å². The molecule has 0 unspecified atom stereocenters. The lowest BCUT2D eigenvalue weighted by molar-refractivity contribution is -0.384. The van der Waals surface area contributed by atoms with Gasteiger partial charge in [0, 0.05) is 42.8 Å². The van der Waals surface area contributed by atoms with Gasteiger partial charge in [0.1, 0.15) is 5.78 Å². The number of non-ortho nitro benzene ring substituents is 1. The summed E-state index contributed by atoms with van der Waals surface area (Å²) in [6.45, 7) is 4.32. The average Bonchev–Trinajstić information content (AvgIpc) is 2.52. The zero-order valence-electron chi connectivity index (χ0n) is 14.7. The summed E-state index contributed by atoms with van der Waals surface area (Å²) in [7, 11) is 1.65. The van der Waals surface area contributed by atoms with Gasteiger partial charge in [0.05, 0.1) is 16.4 Å². The van der Waals surface area contributed by atoms with Crippen LogP contribution in [0.15, 0.2) is 35.5 Å².